The van der Waals surface area contributed by atoms with Crippen LogP contribution >= 0.6 is 0 Å². The van der Waals surface area contributed by atoms with Crippen molar-refractivity contribution < 1.29 is 9.84 Å². The van der Waals surface area contributed by atoms with Crippen molar-refractivity contribution in [1.82, 2.24) is 9.97 Å². The maximum atomic E-state index is 9.88. The van der Waals surface area contributed by atoms with E-state index in [1.807, 2.05) is 20.8 Å². The van der Waals surface area contributed by atoms with Gasteiger partial charge in [-0.05, 0) is 5.41 Å². The van der Waals surface area contributed by atoms with E-state index in [-0.39, 0.29) is 5.41 Å². The highest BCUT2D eigenvalue weighted by molar-refractivity contribution is 5.08. The van der Waals surface area contributed by atoms with Crippen LogP contribution in [-0.2, 0) is 6.42 Å². The Morgan fingerprint density at radius 2 is 2.13 bits per heavy atom. The molecule has 0 fully saturated rings. The first-order chi connectivity index (χ1) is 6.93. The molecule has 1 N–H and O–H groups in total. The normalized spacial score (nSPS) is 13.7. The van der Waals surface area contributed by atoms with E-state index in [0.717, 1.165) is 0 Å². The van der Waals surface area contributed by atoms with Gasteiger partial charge in [-0.2, -0.15) is 4.98 Å². The van der Waals surface area contributed by atoms with Gasteiger partial charge in [-0.3, -0.25) is 0 Å². The van der Waals surface area contributed by atoms with E-state index in [9.17, 15) is 5.11 Å². The summed E-state index contributed by atoms with van der Waals surface area (Å²) in [6, 6.07) is 1.69. The fourth-order valence-electron chi connectivity index (χ4n) is 1.07. The van der Waals surface area contributed by atoms with E-state index in [4.69, 9.17) is 4.74 Å². The third kappa shape index (κ3) is 3.47. The topological polar surface area (TPSA) is 55.2 Å². The molecule has 0 spiro atoms. The van der Waals surface area contributed by atoms with Crippen molar-refractivity contribution in [3.8, 4) is 5.88 Å². The third-order valence-corrected chi connectivity index (χ3v) is 2.26. The van der Waals surface area contributed by atoms with Gasteiger partial charge in [-0.15, -0.1) is 0 Å². The Kier molecular flexibility index (Phi) is 3.63. The molecular formula is C11H18N2O2. The molecule has 15 heavy (non-hydrogen) atoms. The average Bonchev–Trinajstić information content (AvgIpc) is 2.16. The Morgan fingerprint density at radius 1 is 1.47 bits per heavy atom. The highest BCUT2D eigenvalue weighted by atomic mass is 16.5. The van der Waals surface area contributed by atoms with Crippen molar-refractivity contribution in [2.45, 2.75) is 33.3 Å². The lowest BCUT2D eigenvalue weighted by molar-refractivity contribution is 0.0617. The van der Waals surface area contributed by atoms with Crippen LogP contribution in [0.3, 0.4) is 0 Å². The zero-order chi connectivity index (χ0) is 11.5. The molecule has 0 bridgehead atoms. The maximum Gasteiger partial charge on any atom is 0.216 e. The summed E-state index contributed by atoms with van der Waals surface area (Å²) in [6.45, 7) is 5.95. The predicted molar refractivity (Wildman–Crippen MR) is 57.7 cm³/mol. The summed E-state index contributed by atoms with van der Waals surface area (Å²) in [5, 5.41) is 9.88. The minimum atomic E-state index is -0.454. The first-order valence-corrected chi connectivity index (χ1v) is 4.97. The molecule has 1 atom stereocenters. The lowest BCUT2D eigenvalue weighted by Gasteiger charge is -2.25. The number of methoxy groups -OCH3 is 1. The minimum Gasteiger partial charge on any atom is -0.481 e. The van der Waals surface area contributed by atoms with Gasteiger partial charge in [-0.25, -0.2) is 4.98 Å². The molecule has 4 nitrogen and oxygen atoms in total. The number of hydrogen-bond donors (Lipinski definition) is 1. The highest BCUT2D eigenvalue weighted by Gasteiger charge is 2.23. The molecule has 0 radical (unpaired) electrons. The van der Waals surface area contributed by atoms with Crippen molar-refractivity contribution in [3.05, 3.63) is 18.1 Å². The van der Waals surface area contributed by atoms with Gasteiger partial charge in [0.05, 0.1) is 13.2 Å². The molecule has 1 unspecified atom stereocenters. The fraction of sp³-hybridized carbons (Fsp3) is 0.636. The van der Waals surface area contributed by atoms with Crippen LogP contribution in [0, 0.1) is 5.41 Å². The molecule has 1 aromatic rings. The van der Waals surface area contributed by atoms with Crippen molar-refractivity contribution >= 4 is 0 Å². The Bertz CT molecular complexity index is 321. The van der Waals surface area contributed by atoms with Gasteiger partial charge in [0.25, 0.3) is 0 Å². The average molecular weight is 210 g/mol. The van der Waals surface area contributed by atoms with E-state index in [0.29, 0.717) is 18.1 Å². The van der Waals surface area contributed by atoms with E-state index >= 15 is 0 Å². The van der Waals surface area contributed by atoms with Crippen molar-refractivity contribution in [1.29, 1.82) is 0 Å². The third-order valence-electron chi connectivity index (χ3n) is 2.26. The van der Waals surface area contributed by atoms with Gasteiger partial charge in [-0.1, -0.05) is 20.8 Å². The Hall–Kier alpha value is -1.16. The minimum absolute atomic E-state index is 0.160. The van der Waals surface area contributed by atoms with Gasteiger partial charge >= 0.3 is 0 Å². The van der Waals surface area contributed by atoms with Gasteiger partial charge < -0.3 is 9.84 Å². The second-order valence-corrected chi connectivity index (χ2v) is 4.60. The molecule has 0 aliphatic rings. The zero-order valence-corrected chi connectivity index (χ0v) is 9.69. The molecule has 0 aliphatic carbocycles. The van der Waals surface area contributed by atoms with Crippen molar-refractivity contribution in [3.63, 3.8) is 0 Å². The van der Waals surface area contributed by atoms with Crippen LogP contribution < -0.4 is 4.74 Å². The van der Waals surface area contributed by atoms with Gasteiger partial charge in [0.1, 0.15) is 5.82 Å². The summed E-state index contributed by atoms with van der Waals surface area (Å²) in [7, 11) is 1.56. The van der Waals surface area contributed by atoms with E-state index in [1.54, 1.807) is 19.4 Å². The summed E-state index contributed by atoms with van der Waals surface area (Å²) in [4.78, 5) is 8.24. The van der Waals surface area contributed by atoms with Crippen molar-refractivity contribution in [2.24, 2.45) is 5.41 Å². The monoisotopic (exact) mass is 210 g/mol. The van der Waals surface area contributed by atoms with Crippen LogP contribution in [0.25, 0.3) is 0 Å². The maximum absolute atomic E-state index is 9.88. The van der Waals surface area contributed by atoms with E-state index < -0.39 is 6.10 Å². The van der Waals surface area contributed by atoms with E-state index in [1.165, 1.54) is 0 Å². The van der Waals surface area contributed by atoms with Crippen LogP contribution in [0.4, 0.5) is 0 Å². The summed E-state index contributed by atoms with van der Waals surface area (Å²) in [5.41, 5.74) is -0.160. The summed E-state index contributed by atoms with van der Waals surface area (Å²) < 4.78 is 4.99. The Labute approximate surface area is 90.3 Å². The van der Waals surface area contributed by atoms with Crippen LogP contribution in [-0.4, -0.2) is 28.3 Å². The van der Waals surface area contributed by atoms with Crippen LogP contribution in [0.2, 0.25) is 0 Å². The molecule has 0 saturated heterocycles. The largest absolute Gasteiger partial charge is 0.481 e. The molecular weight excluding hydrogens is 192 g/mol. The molecule has 0 aromatic carbocycles. The number of hydrogen-bond acceptors (Lipinski definition) is 4. The number of aliphatic hydroxyl groups is 1. The van der Waals surface area contributed by atoms with Crippen LogP contribution in [0.15, 0.2) is 12.3 Å². The SMILES string of the molecule is COc1ccnc(CC(O)C(C)(C)C)n1. The van der Waals surface area contributed by atoms with Gasteiger partial charge in [0, 0.05) is 18.7 Å². The summed E-state index contributed by atoms with van der Waals surface area (Å²) in [6.07, 6.45) is 1.63. The molecule has 1 rings (SSSR count). The summed E-state index contributed by atoms with van der Waals surface area (Å²) >= 11 is 0. The first kappa shape index (κ1) is 11.9. The summed E-state index contributed by atoms with van der Waals surface area (Å²) in [5.74, 6) is 1.14. The molecule has 0 amide bonds. The standard InChI is InChI=1S/C11H18N2O2/c1-11(2,3)8(14)7-9-12-6-5-10(13-9)15-4/h5-6,8,14H,7H2,1-4H3. The second-order valence-electron chi connectivity index (χ2n) is 4.60. The fourth-order valence-corrected chi connectivity index (χ4v) is 1.07. The molecule has 4 heteroatoms. The molecule has 0 saturated carbocycles. The van der Waals surface area contributed by atoms with Crippen molar-refractivity contribution in [2.75, 3.05) is 7.11 Å². The van der Waals surface area contributed by atoms with Crippen LogP contribution in [0.1, 0.15) is 26.6 Å². The lowest BCUT2D eigenvalue weighted by atomic mass is 9.87. The Morgan fingerprint density at radius 3 is 2.67 bits per heavy atom. The van der Waals surface area contributed by atoms with Gasteiger partial charge in [0.2, 0.25) is 5.88 Å². The van der Waals surface area contributed by atoms with E-state index in [2.05, 4.69) is 9.97 Å². The van der Waals surface area contributed by atoms with Gasteiger partial charge in [0.15, 0.2) is 0 Å². The second kappa shape index (κ2) is 4.57. The molecule has 0 aliphatic heterocycles. The smallest absolute Gasteiger partial charge is 0.216 e. The molecule has 84 valence electrons. The lowest BCUT2D eigenvalue weighted by Crippen LogP contribution is -2.28. The highest BCUT2D eigenvalue weighted by Crippen LogP contribution is 2.21. The molecule has 1 heterocycles. The number of nitrogens with zero attached hydrogens (tertiary/aromatic N) is 2. The predicted octanol–water partition coefficient (Wildman–Crippen LogP) is 1.43. The quantitative estimate of drug-likeness (QED) is 0.820. The van der Waals surface area contributed by atoms with Crippen LogP contribution in [0.5, 0.6) is 5.88 Å². The Balaban J connectivity index is 2.72. The molecule has 1 aromatic heterocycles. The number of ether oxygens (including phenoxy) is 1. The zero-order valence-electron chi connectivity index (χ0n) is 9.69. The first-order valence-electron chi connectivity index (χ1n) is 4.97. The number of rotatable bonds is 3. The number of aromatic nitrogens is 2. The number of aliphatic hydroxyl groups excluding tert-OH is 1.